The zero-order chi connectivity index (χ0) is 23.8. The van der Waals surface area contributed by atoms with Crippen molar-refractivity contribution in [2.45, 2.75) is 30.3 Å². The fraction of sp³-hybridized carbons (Fsp3) is 0.304. The lowest BCUT2D eigenvalue weighted by Gasteiger charge is -2.16. The number of methoxy groups -OCH3 is 2. The summed E-state index contributed by atoms with van der Waals surface area (Å²) in [6, 6.07) is 9.49. The largest absolute Gasteiger partial charge is 0.493 e. The molecule has 4 rings (SSSR count). The summed E-state index contributed by atoms with van der Waals surface area (Å²) in [6.07, 6.45) is 7.29. The molecule has 0 atom stereocenters. The summed E-state index contributed by atoms with van der Waals surface area (Å²) in [5, 5.41) is 0. The van der Waals surface area contributed by atoms with Crippen LogP contribution in [0, 0.1) is 12.3 Å². The molecule has 1 aliphatic carbocycles. The highest BCUT2D eigenvalue weighted by molar-refractivity contribution is 7.89. The smallest absolute Gasteiger partial charge is 0.279 e. The Hall–Kier alpha value is -3.13. The molecule has 0 bridgehead atoms. The summed E-state index contributed by atoms with van der Waals surface area (Å²) in [5.41, 5.74) is 1.05. The molecular formula is C23H23N3O5S2. The predicted octanol–water partition coefficient (Wildman–Crippen LogP) is 2.88. The van der Waals surface area contributed by atoms with Crippen molar-refractivity contribution in [3.8, 4) is 23.8 Å². The van der Waals surface area contributed by atoms with E-state index in [1.807, 2.05) is 6.07 Å². The summed E-state index contributed by atoms with van der Waals surface area (Å²) in [6.45, 7) is 0.215. The number of terminal acetylenes is 1. The Balaban J connectivity index is 1.71. The molecule has 172 valence electrons. The number of aromatic nitrogens is 1. The molecule has 1 aromatic heterocycles. The van der Waals surface area contributed by atoms with Gasteiger partial charge in [0.15, 0.2) is 16.3 Å². The van der Waals surface area contributed by atoms with E-state index in [4.69, 9.17) is 15.9 Å². The maximum absolute atomic E-state index is 12.9. The van der Waals surface area contributed by atoms with Crippen molar-refractivity contribution in [1.82, 2.24) is 8.87 Å². The van der Waals surface area contributed by atoms with E-state index in [2.05, 4.69) is 10.9 Å². The van der Waals surface area contributed by atoms with E-state index in [1.54, 1.807) is 31.9 Å². The van der Waals surface area contributed by atoms with Crippen LogP contribution in [0.15, 0.2) is 46.3 Å². The van der Waals surface area contributed by atoms with Crippen LogP contribution in [-0.2, 0) is 16.6 Å². The van der Waals surface area contributed by atoms with Gasteiger partial charge in [0, 0.05) is 30.8 Å². The van der Waals surface area contributed by atoms with Gasteiger partial charge >= 0.3 is 0 Å². The van der Waals surface area contributed by atoms with Gasteiger partial charge in [-0.25, -0.2) is 8.42 Å². The van der Waals surface area contributed by atoms with E-state index in [0.717, 1.165) is 23.1 Å². The van der Waals surface area contributed by atoms with Crippen molar-refractivity contribution in [1.29, 1.82) is 0 Å². The normalized spacial score (nSPS) is 14.5. The molecule has 8 nitrogen and oxygen atoms in total. The number of thiazole rings is 1. The van der Waals surface area contributed by atoms with Gasteiger partial charge in [-0.15, -0.1) is 6.42 Å². The average Bonchev–Trinajstić information content (AvgIpc) is 3.62. The molecule has 0 saturated heterocycles. The first-order chi connectivity index (χ1) is 15.8. The van der Waals surface area contributed by atoms with E-state index in [9.17, 15) is 13.2 Å². The lowest BCUT2D eigenvalue weighted by atomic mass is 10.2. The van der Waals surface area contributed by atoms with Gasteiger partial charge in [-0.1, -0.05) is 17.3 Å². The van der Waals surface area contributed by atoms with Gasteiger partial charge in [0.25, 0.3) is 5.91 Å². The second-order valence-corrected chi connectivity index (χ2v) is 10.6. The molecule has 0 radical (unpaired) electrons. The molecule has 1 fully saturated rings. The Morgan fingerprint density at radius 2 is 1.85 bits per heavy atom. The lowest BCUT2D eigenvalue weighted by molar-refractivity contribution is 0.0998. The summed E-state index contributed by atoms with van der Waals surface area (Å²) in [5.74, 6) is 3.19. The third-order valence-electron chi connectivity index (χ3n) is 5.47. The number of carbonyl (C=O) groups is 1. The fourth-order valence-corrected chi connectivity index (χ4v) is 5.90. The Morgan fingerprint density at radius 1 is 1.21 bits per heavy atom. The number of hydrogen-bond acceptors (Lipinski definition) is 6. The van der Waals surface area contributed by atoms with Crippen LogP contribution in [0.1, 0.15) is 23.2 Å². The third-order valence-corrected chi connectivity index (χ3v) is 8.44. The average molecular weight is 486 g/mol. The van der Waals surface area contributed by atoms with Crippen LogP contribution in [0.4, 0.5) is 0 Å². The summed E-state index contributed by atoms with van der Waals surface area (Å²) in [4.78, 5) is 17.7. The number of sulfonamides is 1. The quantitative estimate of drug-likeness (QED) is 0.480. The Bertz CT molecular complexity index is 1430. The Morgan fingerprint density at radius 3 is 2.42 bits per heavy atom. The van der Waals surface area contributed by atoms with Crippen molar-refractivity contribution in [3.63, 3.8) is 0 Å². The van der Waals surface area contributed by atoms with Crippen molar-refractivity contribution in [2.75, 3.05) is 21.3 Å². The van der Waals surface area contributed by atoms with E-state index in [-0.39, 0.29) is 23.0 Å². The molecule has 1 amide bonds. The first-order valence-electron chi connectivity index (χ1n) is 10.2. The van der Waals surface area contributed by atoms with Crippen molar-refractivity contribution >= 4 is 37.5 Å². The molecule has 0 spiro atoms. The minimum atomic E-state index is -3.58. The minimum absolute atomic E-state index is 0.0584. The molecule has 0 N–H and O–H groups in total. The predicted molar refractivity (Wildman–Crippen MR) is 126 cm³/mol. The zero-order valence-electron chi connectivity index (χ0n) is 18.4. The van der Waals surface area contributed by atoms with Gasteiger partial charge in [0.1, 0.15) is 0 Å². The Labute approximate surface area is 196 Å². The molecular weight excluding hydrogens is 462 g/mol. The molecule has 0 unspecified atom stereocenters. The second-order valence-electron chi connectivity index (χ2n) is 7.54. The highest BCUT2D eigenvalue weighted by Crippen LogP contribution is 2.33. The molecule has 1 heterocycles. The van der Waals surface area contributed by atoms with E-state index in [0.29, 0.717) is 16.3 Å². The van der Waals surface area contributed by atoms with Crippen LogP contribution in [0.5, 0.6) is 11.5 Å². The number of hydrogen-bond donors (Lipinski definition) is 0. The summed E-state index contributed by atoms with van der Waals surface area (Å²) >= 11 is 1.30. The van der Waals surface area contributed by atoms with E-state index in [1.165, 1.54) is 39.9 Å². The number of rotatable bonds is 7. The Kier molecular flexibility index (Phi) is 6.30. The highest BCUT2D eigenvalue weighted by Gasteiger charge is 2.35. The highest BCUT2D eigenvalue weighted by atomic mass is 32.2. The number of amides is 1. The van der Waals surface area contributed by atoms with Gasteiger partial charge < -0.3 is 14.0 Å². The van der Waals surface area contributed by atoms with Crippen LogP contribution >= 0.6 is 11.3 Å². The van der Waals surface area contributed by atoms with Crippen LogP contribution in [0.3, 0.4) is 0 Å². The van der Waals surface area contributed by atoms with Crippen molar-refractivity contribution in [2.24, 2.45) is 4.99 Å². The van der Waals surface area contributed by atoms with Crippen LogP contribution < -0.4 is 14.3 Å². The van der Waals surface area contributed by atoms with Crippen molar-refractivity contribution in [3.05, 3.63) is 46.8 Å². The maximum Gasteiger partial charge on any atom is 0.279 e. The lowest BCUT2D eigenvalue weighted by Crippen LogP contribution is -2.28. The number of nitrogens with zero attached hydrogens (tertiary/aromatic N) is 3. The monoisotopic (exact) mass is 485 g/mol. The molecule has 2 aromatic carbocycles. The number of ether oxygens (including phenoxy) is 2. The number of carbonyl (C=O) groups excluding carboxylic acids is 1. The van der Waals surface area contributed by atoms with E-state index >= 15 is 0 Å². The summed E-state index contributed by atoms with van der Waals surface area (Å²) in [7, 11) is 1.10. The van der Waals surface area contributed by atoms with Crippen molar-refractivity contribution < 1.29 is 22.7 Å². The minimum Gasteiger partial charge on any atom is -0.493 e. The van der Waals surface area contributed by atoms with Crippen LogP contribution in [0.25, 0.3) is 10.2 Å². The van der Waals surface area contributed by atoms with E-state index < -0.39 is 15.9 Å². The van der Waals surface area contributed by atoms with Crippen LogP contribution in [-0.4, -0.2) is 50.5 Å². The maximum atomic E-state index is 12.9. The molecule has 0 aliphatic heterocycles. The van der Waals surface area contributed by atoms with Gasteiger partial charge in [0.05, 0.1) is 35.9 Å². The SMILES string of the molecule is C#CCn1c(=NC(=O)c2ccc(S(=O)(=O)N(C)C3CC3)cc2)sc2cc(OC)c(OC)cc21. The standard InChI is InChI=1S/C23H23N3O5S2/c1-5-12-26-18-13-19(30-3)20(31-4)14-21(18)32-23(26)24-22(27)15-6-10-17(11-7-15)33(28,29)25(2)16-8-9-16/h1,6-7,10-11,13-14,16H,8-9,12H2,2-4H3. The van der Waals surface area contributed by atoms with Crippen LogP contribution in [0.2, 0.25) is 0 Å². The van der Waals surface area contributed by atoms with Gasteiger partial charge in [-0.05, 0) is 37.1 Å². The third kappa shape index (κ3) is 4.39. The first kappa shape index (κ1) is 23.0. The fourth-order valence-electron chi connectivity index (χ4n) is 3.45. The topological polar surface area (TPSA) is 90.2 Å². The molecule has 1 aliphatic rings. The van der Waals surface area contributed by atoms with Gasteiger partial charge in [-0.2, -0.15) is 9.30 Å². The molecule has 33 heavy (non-hydrogen) atoms. The molecule has 3 aromatic rings. The molecule has 10 heteroatoms. The number of benzene rings is 2. The molecule has 1 saturated carbocycles. The second kappa shape index (κ2) is 9.02. The summed E-state index contributed by atoms with van der Waals surface area (Å²) < 4.78 is 40.1. The number of fused-ring (bicyclic) bond motifs is 1. The van der Waals surface area contributed by atoms with Gasteiger partial charge in [0.2, 0.25) is 10.0 Å². The van der Waals surface area contributed by atoms with Gasteiger partial charge in [-0.3, -0.25) is 4.79 Å². The first-order valence-corrected chi connectivity index (χ1v) is 12.4. The zero-order valence-corrected chi connectivity index (χ0v) is 20.1.